The number of aromatic nitrogens is 1. The predicted octanol–water partition coefficient (Wildman–Crippen LogP) is 3.30. The molecule has 0 radical (unpaired) electrons. The minimum atomic E-state index is -4.74. The summed E-state index contributed by atoms with van der Waals surface area (Å²) in [6.07, 6.45) is -3.17. The van der Waals surface area contributed by atoms with Gasteiger partial charge >= 0.3 is 6.36 Å². The van der Waals surface area contributed by atoms with Gasteiger partial charge in [0.15, 0.2) is 0 Å². The van der Waals surface area contributed by atoms with E-state index in [0.717, 1.165) is 0 Å². The lowest BCUT2D eigenvalue weighted by Crippen LogP contribution is -2.30. The number of hydrogen-bond donors (Lipinski definition) is 2. The first kappa shape index (κ1) is 15.7. The Labute approximate surface area is 127 Å². The van der Waals surface area contributed by atoms with Gasteiger partial charge in [0.05, 0.1) is 11.7 Å². The topological polar surface area (TPSA) is 60.2 Å². The minimum absolute atomic E-state index is 0.313. The number of halogens is 4. The van der Waals surface area contributed by atoms with Crippen LogP contribution in [0.15, 0.2) is 47.1 Å². The van der Waals surface area contributed by atoms with Crippen LogP contribution in [0, 0.1) is 0 Å². The van der Waals surface area contributed by atoms with Gasteiger partial charge in [-0.2, -0.15) is 0 Å². The maximum atomic E-state index is 12.3. The Morgan fingerprint density at radius 3 is 2.62 bits per heavy atom. The number of nitrogens with zero attached hydrogens (tertiary/aromatic N) is 1. The summed E-state index contributed by atoms with van der Waals surface area (Å²) in [5, 5.41) is 0. The van der Waals surface area contributed by atoms with E-state index in [0.29, 0.717) is 15.7 Å². The fourth-order valence-corrected chi connectivity index (χ4v) is 2.32. The van der Waals surface area contributed by atoms with Crippen molar-refractivity contribution in [3.05, 3.63) is 58.3 Å². The van der Waals surface area contributed by atoms with Gasteiger partial charge in [0.2, 0.25) is 0 Å². The minimum Gasteiger partial charge on any atom is -0.406 e. The van der Waals surface area contributed by atoms with Gasteiger partial charge in [-0.15, -0.1) is 13.2 Å². The molecule has 1 unspecified atom stereocenters. The Bertz CT molecular complexity index is 622. The molecule has 2 rings (SSSR count). The number of benzene rings is 1. The third kappa shape index (κ3) is 4.16. The molecule has 0 spiro atoms. The highest BCUT2D eigenvalue weighted by molar-refractivity contribution is 9.10. The molecule has 0 amide bonds. The summed E-state index contributed by atoms with van der Waals surface area (Å²) < 4.78 is 41.4. The second kappa shape index (κ2) is 6.42. The predicted molar refractivity (Wildman–Crippen MR) is 74.2 cm³/mol. The van der Waals surface area contributed by atoms with Gasteiger partial charge in [0.25, 0.3) is 0 Å². The smallest absolute Gasteiger partial charge is 0.406 e. The number of nitrogens with one attached hydrogen (secondary N) is 1. The number of hydrazine groups is 1. The monoisotopic (exact) mass is 361 g/mol. The lowest BCUT2D eigenvalue weighted by molar-refractivity contribution is -0.274. The number of rotatable bonds is 4. The van der Waals surface area contributed by atoms with Crippen molar-refractivity contribution in [1.82, 2.24) is 10.4 Å². The molecule has 1 aromatic heterocycles. The number of ether oxygens (including phenoxy) is 1. The van der Waals surface area contributed by atoms with E-state index >= 15 is 0 Å². The van der Waals surface area contributed by atoms with Crippen molar-refractivity contribution in [2.45, 2.75) is 12.4 Å². The molecule has 21 heavy (non-hydrogen) atoms. The highest BCUT2D eigenvalue weighted by atomic mass is 79.9. The van der Waals surface area contributed by atoms with Crippen LogP contribution in [0.25, 0.3) is 0 Å². The first-order valence-corrected chi connectivity index (χ1v) is 6.62. The Hall–Kier alpha value is -1.64. The van der Waals surface area contributed by atoms with E-state index in [1.54, 1.807) is 24.4 Å². The molecule has 1 aromatic carbocycles. The fraction of sp³-hybridized carbons (Fsp3) is 0.154. The van der Waals surface area contributed by atoms with E-state index in [4.69, 9.17) is 5.84 Å². The summed E-state index contributed by atoms with van der Waals surface area (Å²) in [5.74, 6) is 5.20. The molecule has 0 saturated heterocycles. The third-order valence-corrected chi connectivity index (χ3v) is 3.32. The molecule has 0 saturated carbocycles. The molecular formula is C13H11BrF3N3O. The van der Waals surface area contributed by atoms with Crippen molar-refractivity contribution in [2.24, 2.45) is 5.84 Å². The first-order valence-electron chi connectivity index (χ1n) is 5.83. The highest BCUT2D eigenvalue weighted by Gasteiger charge is 2.31. The first-order chi connectivity index (χ1) is 9.90. The Morgan fingerprint density at radius 1 is 1.24 bits per heavy atom. The molecule has 8 heteroatoms. The second-order valence-electron chi connectivity index (χ2n) is 4.09. The normalized spacial score (nSPS) is 13.0. The summed E-state index contributed by atoms with van der Waals surface area (Å²) in [6, 6.07) is 8.49. The van der Waals surface area contributed by atoms with E-state index in [1.165, 1.54) is 18.2 Å². The summed E-state index contributed by atoms with van der Waals surface area (Å²) in [6.45, 7) is 0. The van der Waals surface area contributed by atoms with E-state index < -0.39 is 12.4 Å². The molecule has 2 aromatic rings. The van der Waals surface area contributed by atoms with Gasteiger partial charge in [-0.25, -0.2) is 5.43 Å². The molecule has 0 aliphatic rings. The number of pyridine rings is 1. The van der Waals surface area contributed by atoms with Gasteiger partial charge in [-0.1, -0.05) is 12.1 Å². The molecule has 1 atom stereocenters. The Kier molecular flexibility index (Phi) is 4.81. The molecule has 0 aliphatic heterocycles. The van der Waals surface area contributed by atoms with Crippen LogP contribution in [-0.4, -0.2) is 11.3 Å². The van der Waals surface area contributed by atoms with Crippen molar-refractivity contribution in [3.63, 3.8) is 0 Å². The zero-order valence-electron chi connectivity index (χ0n) is 10.6. The van der Waals surface area contributed by atoms with Crippen molar-refractivity contribution in [3.8, 4) is 5.75 Å². The van der Waals surface area contributed by atoms with Gasteiger partial charge < -0.3 is 4.74 Å². The average Bonchev–Trinajstić information content (AvgIpc) is 2.40. The molecule has 0 fully saturated rings. The van der Waals surface area contributed by atoms with Gasteiger partial charge in [0, 0.05) is 10.7 Å². The van der Waals surface area contributed by atoms with Crippen LogP contribution in [0.3, 0.4) is 0 Å². The molecule has 4 nitrogen and oxygen atoms in total. The van der Waals surface area contributed by atoms with Crippen molar-refractivity contribution >= 4 is 15.9 Å². The van der Waals surface area contributed by atoms with Crippen LogP contribution in [0.2, 0.25) is 0 Å². The zero-order chi connectivity index (χ0) is 15.5. The lowest BCUT2D eigenvalue weighted by atomic mass is 10.0. The maximum absolute atomic E-state index is 12.3. The zero-order valence-corrected chi connectivity index (χ0v) is 12.1. The van der Waals surface area contributed by atoms with E-state index in [9.17, 15) is 13.2 Å². The Morgan fingerprint density at radius 2 is 2.00 bits per heavy atom. The average molecular weight is 362 g/mol. The molecule has 3 N–H and O–H groups in total. The van der Waals surface area contributed by atoms with Crippen molar-refractivity contribution in [1.29, 1.82) is 0 Å². The van der Waals surface area contributed by atoms with Crippen LogP contribution in [-0.2, 0) is 0 Å². The summed E-state index contributed by atoms with van der Waals surface area (Å²) in [5.41, 5.74) is 3.59. The van der Waals surface area contributed by atoms with Crippen LogP contribution in [0.4, 0.5) is 13.2 Å². The molecule has 0 aliphatic carbocycles. The largest absolute Gasteiger partial charge is 0.573 e. The van der Waals surface area contributed by atoms with Crippen molar-refractivity contribution < 1.29 is 17.9 Å². The highest BCUT2D eigenvalue weighted by Crippen LogP contribution is 2.30. The van der Waals surface area contributed by atoms with Crippen molar-refractivity contribution in [2.75, 3.05) is 0 Å². The van der Waals surface area contributed by atoms with Crippen LogP contribution < -0.4 is 16.0 Å². The molecule has 1 heterocycles. The maximum Gasteiger partial charge on any atom is 0.573 e. The number of nitrogens with two attached hydrogens (primary N) is 1. The van der Waals surface area contributed by atoms with E-state index in [1.807, 2.05) is 0 Å². The molecule has 112 valence electrons. The van der Waals surface area contributed by atoms with Crippen LogP contribution in [0.5, 0.6) is 5.75 Å². The molecule has 0 bridgehead atoms. The van der Waals surface area contributed by atoms with Crippen LogP contribution in [0.1, 0.15) is 17.3 Å². The number of alkyl halides is 3. The quantitative estimate of drug-likeness (QED) is 0.647. The summed E-state index contributed by atoms with van der Waals surface area (Å²) in [7, 11) is 0. The fourth-order valence-electron chi connectivity index (χ4n) is 1.83. The Balaban J connectivity index is 2.35. The van der Waals surface area contributed by atoms with Crippen LogP contribution >= 0.6 is 15.9 Å². The standard InChI is InChI=1S/C13H11BrF3N3O/c14-10-5-2-6-19-12(10)11(20-18)8-3-1-4-9(7-8)21-13(15,16)17/h1-7,11,20H,18H2. The van der Waals surface area contributed by atoms with E-state index in [-0.39, 0.29) is 5.75 Å². The molecular weight excluding hydrogens is 351 g/mol. The summed E-state index contributed by atoms with van der Waals surface area (Å²) >= 11 is 3.33. The second-order valence-corrected chi connectivity index (χ2v) is 4.94. The van der Waals surface area contributed by atoms with E-state index in [2.05, 4.69) is 31.1 Å². The number of hydrogen-bond acceptors (Lipinski definition) is 4. The van der Waals surface area contributed by atoms with Gasteiger partial charge in [-0.05, 0) is 45.8 Å². The van der Waals surface area contributed by atoms with Gasteiger partial charge in [-0.3, -0.25) is 10.8 Å². The summed E-state index contributed by atoms with van der Waals surface area (Å²) in [4.78, 5) is 4.18. The van der Waals surface area contributed by atoms with Gasteiger partial charge in [0.1, 0.15) is 5.75 Å². The third-order valence-electron chi connectivity index (χ3n) is 2.65. The lowest BCUT2D eigenvalue weighted by Gasteiger charge is -2.18. The SMILES string of the molecule is NNC(c1cccc(OC(F)(F)F)c1)c1ncccc1Br.